The van der Waals surface area contributed by atoms with E-state index in [9.17, 15) is 9.59 Å². The van der Waals surface area contributed by atoms with Gasteiger partial charge < -0.3 is 15.1 Å². The lowest BCUT2D eigenvalue weighted by Crippen LogP contribution is -2.40. The summed E-state index contributed by atoms with van der Waals surface area (Å²) in [6.07, 6.45) is 9.07. The molecule has 0 aliphatic carbocycles. The molecule has 6 heteroatoms. The Morgan fingerprint density at radius 1 is 0.967 bits per heavy atom. The Bertz CT molecular complexity index is 881. The maximum absolute atomic E-state index is 12.6. The summed E-state index contributed by atoms with van der Waals surface area (Å²) in [4.78, 5) is 33.6. The number of carbonyl (C=O) groups excluding carboxylic acids is 2. The highest BCUT2D eigenvalue weighted by Gasteiger charge is 2.26. The van der Waals surface area contributed by atoms with Gasteiger partial charge in [0, 0.05) is 38.2 Å². The zero-order chi connectivity index (χ0) is 20.8. The fourth-order valence-corrected chi connectivity index (χ4v) is 4.05. The van der Waals surface area contributed by atoms with E-state index in [-0.39, 0.29) is 17.7 Å². The van der Waals surface area contributed by atoms with Crippen LogP contribution in [0.15, 0.2) is 54.7 Å². The summed E-state index contributed by atoms with van der Waals surface area (Å²) in [7, 11) is 0. The van der Waals surface area contributed by atoms with Gasteiger partial charge >= 0.3 is 0 Å². The van der Waals surface area contributed by atoms with Crippen molar-refractivity contribution in [1.82, 2.24) is 9.88 Å². The number of nitrogens with one attached hydrogen (secondary N) is 1. The van der Waals surface area contributed by atoms with E-state index in [2.05, 4.69) is 15.2 Å². The lowest BCUT2D eigenvalue weighted by atomic mass is 9.96. The number of likely N-dealkylation sites (tertiary alicyclic amines) is 1. The SMILES string of the molecule is O=C(Nc1ccc(N2CCCC2)cn1)C1CCN(C(=O)/C=C/c2ccccc2)CC1. The lowest BCUT2D eigenvalue weighted by Gasteiger charge is -2.30. The van der Waals surface area contributed by atoms with Gasteiger partial charge in [-0.15, -0.1) is 0 Å². The van der Waals surface area contributed by atoms with Crippen molar-refractivity contribution in [1.29, 1.82) is 0 Å². The minimum absolute atomic E-state index is 0.00289. The zero-order valence-corrected chi connectivity index (χ0v) is 17.2. The lowest BCUT2D eigenvalue weighted by molar-refractivity contribution is -0.130. The van der Waals surface area contributed by atoms with Gasteiger partial charge in [-0.3, -0.25) is 9.59 Å². The first-order chi connectivity index (χ1) is 14.7. The topological polar surface area (TPSA) is 65.5 Å². The normalized spacial score (nSPS) is 17.5. The summed E-state index contributed by atoms with van der Waals surface area (Å²) in [5.74, 6) is 0.486. The molecule has 2 aromatic rings. The van der Waals surface area contributed by atoms with Crippen LogP contribution >= 0.6 is 0 Å². The van der Waals surface area contributed by atoms with Crippen LogP contribution in [0.25, 0.3) is 6.08 Å². The molecule has 0 saturated carbocycles. The number of hydrogen-bond donors (Lipinski definition) is 1. The van der Waals surface area contributed by atoms with Crippen LogP contribution in [-0.2, 0) is 9.59 Å². The molecule has 1 aromatic heterocycles. The summed E-state index contributed by atoms with van der Waals surface area (Å²) in [6.45, 7) is 3.34. The molecule has 6 nitrogen and oxygen atoms in total. The minimum atomic E-state index is -0.0905. The number of aromatic nitrogens is 1. The number of piperidine rings is 1. The van der Waals surface area contributed by atoms with E-state index >= 15 is 0 Å². The highest BCUT2D eigenvalue weighted by Crippen LogP contribution is 2.22. The van der Waals surface area contributed by atoms with Crippen LogP contribution in [0.2, 0.25) is 0 Å². The third-order valence-electron chi connectivity index (χ3n) is 5.87. The van der Waals surface area contributed by atoms with Crippen molar-refractivity contribution >= 4 is 29.4 Å². The Labute approximate surface area is 177 Å². The minimum Gasteiger partial charge on any atom is -0.370 e. The van der Waals surface area contributed by atoms with Gasteiger partial charge in [0.1, 0.15) is 5.82 Å². The molecule has 2 amide bonds. The van der Waals surface area contributed by atoms with Gasteiger partial charge in [-0.25, -0.2) is 4.98 Å². The number of amides is 2. The monoisotopic (exact) mass is 404 g/mol. The fourth-order valence-electron chi connectivity index (χ4n) is 4.05. The maximum atomic E-state index is 12.6. The predicted octanol–water partition coefficient (Wildman–Crippen LogP) is 3.57. The third-order valence-corrected chi connectivity index (χ3v) is 5.87. The average molecular weight is 405 g/mol. The molecular weight excluding hydrogens is 376 g/mol. The molecule has 0 bridgehead atoms. The number of benzene rings is 1. The fraction of sp³-hybridized carbons (Fsp3) is 0.375. The van der Waals surface area contributed by atoms with E-state index in [1.165, 1.54) is 12.8 Å². The molecule has 2 saturated heterocycles. The Morgan fingerprint density at radius 3 is 2.37 bits per heavy atom. The Morgan fingerprint density at radius 2 is 1.70 bits per heavy atom. The first-order valence-electron chi connectivity index (χ1n) is 10.7. The molecule has 0 radical (unpaired) electrons. The second kappa shape index (κ2) is 9.57. The standard InChI is InChI=1S/C24H28N4O2/c29-23(11-8-19-6-2-1-3-7-19)28-16-12-20(13-17-28)24(30)26-22-10-9-21(18-25-22)27-14-4-5-15-27/h1-3,6-11,18,20H,4-5,12-17H2,(H,25,26,30)/b11-8+. The second-order valence-corrected chi connectivity index (χ2v) is 7.93. The number of hydrogen-bond acceptors (Lipinski definition) is 4. The Balaban J connectivity index is 1.25. The van der Waals surface area contributed by atoms with Crippen molar-refractivity contribution in [2.45, 2.75) is 25.7 Å². The Kier molecular flexibility index (Phi) is 6.42. The van der Waals surface area contributed by atoms with Crippen molar-refractivity contribution in [2.24, 2.45) is 5.92 Å². The van der Waals surface area contributed by atoms with E-state index in [0.29, 0.717) is 31.7 Å². The molecule has 0 atom stereocenters. The van der Waals surface area contributed by atoms with Crippen LogP contribution in [-0.4, -0.2) is 47.9 Å². The smallest absolute Gasteiger partial charge is 0.246 e. The van der Waals surface area contributed by atoms with E-state index in [4.69, 9.17) is 0 Å². The van der Waals surface area contributed by atoms with E-state index < -0.39 is 0 Å². The molecule has 0 spiro atoms. The first-order valence-corrected chi connectivity index (χ1v) is 10.7. The van der Waals surface area contributed by atoms with Crippen LogP contribution in [0.1, 0.15) is 31.2 Å². The van der Waals surface area contributed by atoms with Gasteiger partial charge in [-0.2, -0.15) is 0 Å². The molecular formula is C24H28N4O2. The summed E-state index contributed by atoms with van der Waals surface area (Å²) in [6, 6.07) is 13.7. The van der Waals surface area contributed by atoms with Crippen molar-refractivity contribution < 1.29 is 9.59 Å². The zero-order valence-electron chi connectivity index (χ0n) is 17.2. The Hall–Kier alpha value is -3.15. The number of anilines is 2. The molecule has 3 heterocycles. The molecule has 156 valence electrons. The third kappa shape index (κ3) is 5.06. The van der Waals surface area contributed by atoms with Gasteiger partial charge in [0.25, 0.3) is 0 Å². The number of rotatable bonds is 5. The van der Waals surface area contributed by atoms with Crippen molar-refractivity contribution in [3.05, 3.63) is 60.3 Å². The molecule has 2 aliphatic heterocycles. The van der Waals surface area contributed by atoms with Gasteiger partial charge in [0.15, 0.2) is 0 Å². The van der Waals surface area contributed by atoms with Crippen molar-refractivity contribution in [3.63, 3.8) is 0 Å². The second-order valence-electron chi connectivity index (χ2n) is 7.93. The molecule has 1 aromatic carbocycles. The molecule has 1 N–H and O–H groups in total. The molecule has 2 fully saturated rings. The van der Waals surface area contributed by atoms with E-state index in [0.717, 1.165) is 24.3 Å². The van der Waals surface area contributed by atoms with Gasteiger partial charge in [-0.1, -0.05) is 30.3 Å². The van der Waals surface area contributed by atoms with Crippen molar-refractivity contribution in [2.75, 3.05) is 36.4 Å². The summed E-state index contributed by atoms with van der Waals surface area (Å²) in [5, 5.41) is 2.93. The van der Waals surface area contributed by atoms with E-state index in [1.807, 2.05) is 59.6 Å². The number of nitrogens with zero attached hydrogens (tertiary/aromatic N) is 3. The average Bonchev–Trinajstić information content (AvgIpc) is 3.34. The molecule has 4 rings (SSSR count). The van der Waals surface area contributed by atoms with Gasteiger partial charge in [0.05, 0.1) is 11.9 Å². The van der Waals surface area contributed by atoms with Crippen LogP contribution in [0.3, 0.4) is 0 Å². The summed E-state index contributed by atoms with van der Waals surface area (Å²) < 4.78 is 0. The summed E-state index contributed by atoms with van der Waals surface area (Å²) >= 11 is 0. The van der Waals surface area contributed by atoms with Gasteiger partial charge in [0.2, 0.25) is 11.8 Å². The van der Waals surface area contributed by atoms with Crippen LogP contribution in [0.5, 0.6) is 0 Å². The van der Waals surface area contributed by atoms with Gasteiger partial charge in [-0.05, 0) is 49.5 Å². The number of pyridine rings is 1. The highest BCUT2D eigenvalue weighted by molar-refractivity contribution is 5.93. The maximum Gasteiger partial charge on any atom is 0.246 e. The van der Waals surface area contributed by atoms with Crippen LogP contribution in [0.4, 0.5) is 11.5 Å². The first kappa shape index (κ1) is 20.1. The molecule has 30 heavy (non-hydrogen) atoms. The van der Waals surface area contributed by atoms with Crippen LogP contribution < -0.4 is 10.2 Å². The van der Waals surface area contributed by atoms with Crippen LogP contribution in [0, 0.1) is 5.92 Å². The number of carbonyl (C=O) groups is 2. The molecule has 2 aliphatic rings. The van der Waals surface area contributed by atoms with Crippen molar-refractivity contribution in [3.8, 4) is 0 Å². The quantitative estimate of drug-likeness (QED) is 0.774. The largest absolute Gasteiger partial charge is 0.370 e. The highest BCUT2D eigenvalue weighted by atomic mass is 16.2. The summed E-state index contributed by atoms with van der Waals surface area (Å²) in [5.41, 5.74) is 2.12. The predicted molar refractivity (Wildman–Crippen MR) is 119 cm³/mol. The van der Waals surface area contributed by atoms with E-state index in [1.54, 1.807) is 6.08 Å². The molecule has 0 unspecified atom stereocenters.